The van der Waals surface area contributed by atoms with Gasteiger partial charge in [-0.3, -0.25) is 10.1 Å². The smallest absolute Gasteiger partial charge is 0.416 e. The van der Waals surface area contributed by atoms with Crippen LogP contribution in [0.15, 0.2) is 36.4 Å². The van der Waals surface area contributed by atoms with Crippen LogP contribution in [0.5, 0.6) is 11.5 Å². The first-order valence-corrected chi connectivity index (χ1v) is 8.29. The van der Waals surface area contributed by atoms with Crippen molar-refractivity contribution >= 4 is 34.6 Å². The molecule has 0 heterocycles. The van der Waals surface area contributed by atoms with E-state index in [2.05, 4.69) is 0 Å². The maximum absolute atomic E-state index is 12.7. The summed E-state index contributed by atoms with van der Waals surface area (Å²) in [6, 6.07) is 6.68. The fourth-order valence-electron chi connectivity index (χ4n) is 2.23. The minimum Gasteiger partial charge on any atom is -0.490 e. The quantitative estimate of drug-likeness (QED) is 0.328. The highest BCUT2D eigenvalue weighted by Gasteiger charge is 2.31. The molecule has 0 aromatic heterocycles. The van der Waals surface area contributed by atoms with Gasteiger partial charge in [-0.05, 0) is 49.0 Å². The van der Waals surface area contributed by atoms with Crippen LogP contribution in [0.25, 0.3) is 0 Å². The molecule has 5 nitrogen and oxygen atoms in total. The van der Waals surface area contributed by atoms with E-state index in [1.807, 2.05) is 0 Å². The topological polar surface area (TPSA) is 61.6 Å². The molecule has 2 aromatic rings. The predicted octanol–water partition coefficient (Wildman–Crippen LogP) is 5.97. The van der Waals surface area contributed by atoms with E-state index in [1.165, 1.54) is 25.3 Å². The molecule has 0 spiro atoms. The number of benzene rings is 2. The van der Waals surface area contributed by atoms with Gasteiger partial charge < -0.3 is 9.47 Å². The van der Waals surface area contributed by atoms with Crippen LogP contribution in [0.3, 0.4) is 0 Å². The standard InChI is InChI=1S/C17H13ClF3NO4S/c1-25-16(27)7-2-10-8-12(4-5-14(10)22(23)24)26-15-6-3-11(9-13(15)18)17(19,20)21/h3-6,8-9H,2,7H2,1H3. The van der Waals surface area contributed by atoms with Gasteiger partial charge in [0.15, 0.2) is 5.05 Å². The average Bonchev–Trinajstić information content (AvgIpc) is 2.60. The Morgan fingerprint density at radius 2 is 1.96 bits per heavy atom. The number of rotatable bonds is 6. The van der Waals surface area contributed by atoms with E-state index >= 15 is 0 Å². The fourth-order valence-corrected chi connectivity index (χ4v) is 2.55. The molecule has 0 aliphatic carbocycles. The molecular formula is C17H13ClF3NO4S. The number of nitrogens with zero attached hydrogens (tertiary/aromatic N) is 1. The van der Waals surface area contributed by atoms with Gasteiger partial charge in [0.1, 0.15) is 11.5 Å². The summed E-state index contributed by atoms with van der Waals surface area (Å²) in [6.45, 7) is 0. The zero-order valence-electron chi connectivity index (χ0n) is 13.9. The van der Waals surface area contributed by atoms with Crippen molar-refractivity contribution < 1.29 is 27.6 Å². The van der Waals surface area contributed by atoms with Gasteiger partial charge in [0.2, 0.25) is 0 Å². The van der Waals surface area contributed by atoms with E-state index in [1.54, 1.807) is 0 Å². The number of nitro groups is 1. The monoisotopic (exact) mass is 419 g/mol. The Morgan fingerprint density at radius 1 is 1.26 bits per heavy atom. The van der Waals surface area contributed by atoms with Crippen LogP contribution in [0.4, 0.5) is 18.9 Å². The number of nitro benzene ring substituents is 1. The first-order chi connectivity index (χ1) is 12.6. The molecule has 0 amide bonds. The highest BCUT2D eigenvalue weighted by Crippen LogP contribution is 2.37. The Morgan fingerprint density at radius 3 is 2.52 bits per heavy atom. The van der Waals surface area contributed by atoms with Crippen LogP contribution in [0, 0.1) is 10.1 Å². The molecule has 0 unspecified atom stereocenters. The number of halogens is 4. The molecule has 144 valence electrons. The van der Waals surface area contributed by atoms with Crippen molar-refractivity contribution in [1.29, 1.82) is 0 Å². The number of thiocarbonyl (C=S) groups is 1. The van der Waals surface area contributed by atoms with Crippen molar-refractivity contribution in [1.82, 2.24) is 0 Å². The van der Waals surface area contributed by atoms with Gasteiger partial charge in [-0.2, -0.15) is 13.2 Å². The van der Waals surface area contributed by atoms with E-state index in [9.17, 15) is 23.3 Å². The minimum absolute atomic E-state index is 0.00289. The molecule has 0 bridgehead atoms. The van der Waals surface area contributed by atoms with Crippen LogP contribution in [0.2, 0.25) is 5.02 Å². The molecule has 27 heavy (non-hydrogen) atoms. The first kappa shape index (κ1) is 20.9. The van der Waals surface area contributed by atoms with Gasteiger partial charge in [0, 0.05) is 18.1 Å². The third-order valence-corrected chi connectivity index (χ3v) is 4.23. The maximum Gasteiger partial charge on any atom is 0.416 e. The van der Waals surface area contributed by atoms with Gasteiger partial charge in [-0.15, -0.1) is 0 Å². The Kier molecular flexibility index (Phi) is 6.61. The Labute approximate surface area is 162 Å². The summed E-state index contributed by atoms with van der Waals surface area (Å²) in [5, 5.41) is 11.2. The molecule has 0 aliphatic rings. The number of alkyl halides is 3. The zero-order chi connectivity index (χ0) is 20.2. The summed E-state index contributed by atoms with van der Waals surface area (Å²) in [7, 11) is 1.41. The van der Waals surface area contributed by atoms with Crippen LogP contribution >= 0.6 is 23.8 Å². The van der Waals surface area contributed by atoms with Crippen LogP contribution in [-0.2, 0) is 17.3 Å². The van der Waals surface area contributed by atoms with Gasteiger partial charge in [-0.25, -0.2) is 0 Å². The second-order valence-corrected chi connectivity index (χ2v) is 6.23. The molecule has 0 radical (unpaired) electrons. The number of aryl methyl sites for hydroxylation is 1. The SMILES string of the molecule is COC(=S)CCc1cc(Oc2ccc(C(F)(F)F)cc2Cl)ccc1[N+](=O)[O-]. The predicted molar refractivity (Wildman–Crippen MR) is 97.6 cm³/mol. The molecule has 0 fully saturated rings. The van der Waals surface area contributed by atoms with Crippen molar-refractivity contribution in [2.24, 2.45) is 0 Å². The van der Waals surface area contributed by atoms with Crippen molar-refractivity contribution in [3.05, 3.63) is 62.7 Å². The van der Waals surface area contributed by atoms with Gasteiger partial charge in [0.05, 0.1) is 22.6 Å². The summed E-state index contributed by atoms with van der Waals surface area (Å²) in [5.74, 6) is 0.192. The number of hydrogen-bond acceptors (Lipinski definition) is 5. The second kappa shape index (κ2) is 8.53. The normalized spacial score (nSPS) is 11.1. The molecular weight excluding hydrogens is 407 g/mol. The molecule has 10 heteroatoms. The Bertz CT molecular complexity index is 874. The van der Waals surface area contributed by atoms with Crippen molar-refractivity contribution in [2.45, 2.75) is 19.0 Å². The van der Waals surface area contributed by atoms with Crippen molar-refractivity contribution in [2.75, 3.05) is 7.11 Å². The zero-order valence-corrected chi connectivity index (χ0v) is 15.5. The Balaban J connectivity index is 2.28. The van der Waals surface area contributed by atoms with Gasteiger partial charge in [-0.1, -0.05) is 11.6 Å². The Hall–Kier alpha value is -2.39. The highest BCUT2D eigenvalue weighted by molar-refractivity contribution is 7.80. The lowest BCUT2D eigenvalue weighted by atomic mass is 10.1. The van der Waals surface area contributed by atoms with E-state index in [-0.39, 0.29) is 35.1 Å². The van der Waals surface area contributed by atoms with Crippen LogP contribution < -0.4 is 4.74 Å². The van der Waals surface area contributed by atoms with E-state index in [4.69, 9.17) is 33.3 Å². The summed E-state index contributed by atoms with van der Waals surface area (Å²) in [4.78, 5) is 10.6. The summed E-state index contributed by atoms with van der Waals surface area (Å²) in [5.41, 5.74) is -0.683. The van der Waals surface area contributed by atoms with E-state index < -0.39 is 16.7 Å². The first-order valence-electron chi connectivity index (χ1n) is 7.50. The molecule has 0 saturated heterocycles. The molecule has 2 rings (SSSR count). The summed E-state index contributed by atoms with van der Waals surface area (Å²) < 4.78 is 48.5. The highest BCUT2D eigenvalue weighted by atomic mass is 35.5. The third-order valence-electron chi connectivity index (χ3n) is 3.56. The summed E-state index contributed by atoms with van der Waals surface area (Å²) >= 11 is 10.8. The molecule has 2 aromatic carbocycles. The van der Waals surface area contributed by atoms with Crippen molar-refractivity contribution in [3.8, 4) is 11.5 Å². The number of hydrogen-bond donors (Lipinski definition) is 0. The lowest BCUT2D eigenvalue weighted by Gasteiger charge is -2.12. The lowest BCUT2D eigenvalue weighted by Crippen LogP contribution is -2.04. The van der Waals surface area contributed by atoms with Crippen molar-refractivity contribution in [3.63, 3.8) is 0 Å². The number of methoxy groups -OCH3 is 1. The molecule has 0 N–H and O–H groups in total. The number of ether oxygens (including phenoxy) is 2. The van der Waals surface area contributed by atoms with E-state index in [0.717, 1.165) is 18.2 Å². The van der Waals surface area contributed by atoms with Gasteiger partial charge >= 0.3 is 6.18 Å². The fraction of sp³-hybridized carbons (Fsp3) is 0.235. The van der Waals surface area contributed by atoms with Crippen LogP contribution in [0.1, 0.15) is 17.5 Å². The maximum atomic E-state index is 12.7. The molecule has 0 atom stereocenters. The summed E-state index contributed by atoms with van der Waals surface area (Å²) in [6.07, 6.45) is -4.00. The van der Waals surface area contributed by atoms with Gasteiger partial charge in [0.25, 0.3) is 5.69 Å². The third kappa shape index (κ3) is 5.54. The second-order valence-electron chi connectivity index (χ2n) is 5.37. The largest absolute Gasteiger partial charge is 0.490 e. The minimum atomic E-state index is -4.53. The average molecular weight is 420 g/mol. The molecule has 0 aliphatic heterocycles. The lowest BCUT2D eigenvalue weighted by molar-refractivity contribution is -0.385. The van der Waals surface area contributed by atoms with E-state index in [0.29, 0.717) is 10.6 Å². The molecule has 0 saturated carbocycles. The van der Waals surface area contributed by atoms with Crippen LogP contribution in [-0.4, -0.2) is 17.1 Å².